The van der Waals surface area contributed by atoms with Gasteiger partial charge in [-0.3, -0.25) is 0 Å². The van der Waals surface area contributed by atoms with Crippen LogP contribution in [0.2, 0.25) is 12.1 Å². The Bertz CT molecular complexity index is 274. The molecule has 0 aromatic rings. The normalized spacial score (nSPS) is 12.7. The number of alkyl halides is 2. The van der Waals surface area contributed by atoms with Gasteiger partial charge in [-0.15, -0.1) is 0 Å². The minimum absolute atomic E-state index is 0.574. The van der Waals surface area contributed by atoms with Gasteiger partial charge in [0.25, 0.3) is 0 Å². The van der Waals surface area contributed by atoms with Crippen LogP contribution >= 0.6 is 31.9 Å². The van der Waals surface area contributed by atoms with Crippen LogP contribution in [0.25, 0.3) is 0 Å². The van der Waals surface area contributed by atoms with E-state index < -0.39 is 17.6 Å². The van der Waals surface area contributed by atoms with Gasteiger partial charge in [0.1, 0.15) is 0 Å². The largest absolute Gasteiger partial charge is 0.493 e. The molecule has 0 saturated heterocycles. The van der Waals surface area contributed by atoms with E-state index in [1.807, 2.05) is 27.7 Å². The molecule has 0 N–H and O–H groups in total. The summed E-state index contributed by atoms with van der Waals surface area (Å²) in [7, 11) is -5.65. The molecule has 0 atom stereocenters. The van der Waals surface area contributed by atoms with Crippen molar-refractivity contribution in [2.75, 3.05) is 37.1 Å². The summed E-state index contributed by atoms with van der Waals surface area (Å²) < 4.78 is 31.1. The van der Waals surface area contributed by atoms with Crippen molar-refractivity contribution in [3.8, 4) is 0 Å². The minimum Gasteiger partial charge on any atom is -0.374 e. The molecule has 0 fully saturated rings. The average Bonchev–Trinajstić information content (AvgIpc) is 2.56. The third kappa shape index (κ3) is 10.9. The van der Waals surface area contributed by atoms with Gasteiger partial charge in [0.2, 0.25) is 0 Å². The number of unbranched alkanes of at least 4 members (excludes halogenated alkanes) is 2. The summed E-state index contributed by atoms with van der Waals surface area (Å²) in [5.74, 6) is 0. The maximum atomic E-state index is 6.64. The monoisotopic (exact) mass is 522 g/mol. The lowest BCUT2D eigenvalue weighted by molar-refractivity contribution is 0.0489. The second-order valence-corrected chi connectivity index (χ2v) is 12.8. The number of hydrogen-bond donors (Lipinski definition) is 0. The van der Waals surface area contributed by atoms with Gasteiger partial charge in [0.15, 0.2) is 0 Å². The number of hydrogen-bond acceptors (Lipinski definition) is 5. The third-order valence-electron chi connectivity index (χ3n) is 3.50. The first kappa shape index (κ1) is 26.2. The van der Waals surface area contributed by atoms with Crippen molar-refractivity contribution in [2.24, 2.45) is 0 Å². The van der Waals surface area contributed by atoms with Gasteiger partial charge in [-0.1, -0.05) is 31.9 Å². The molecule has 0 aliphatic carbocycles. The van der Waals surface area contributed by atoms with Crippen molar-refractivity contribution in [1.82, 2.24) is 0 Å². The maximum Gasteiger partial charge on any atom is 0.493 e. The van der Waals surface area contributed by atoms with Gasteiger partial charge in [0, 0.05) is 49.2 Å². The lowest BCUT2D eigenvalue weighted by atomic mass is 10.4. The van der Waals surface area contributed by atoms with Crippen LogP contribution in [0.1, 0.15) is 53.4 Å². The molecule has 0 amide bonds. The Morgan fingerprint density at radius 3 is 1.12 bits per heavy atom. The van der Waals surface area contributed by atoms with Crippen LogP contribution in [-0.2, 0) is 21.8 Å². The highest BCUT2D eigenvalue weighted by atomic mass is 79.9. The van der Waals surface area contributed by atoms with Crippen LogP contribution in [-0.4, -0.2) is 54.7 Å². The molecule has 0 aromatic heterocycles. The summed E-state index contributed by atoms with van der Waals surface area (Å²) in [4.78, 5) is 0. The summed E-state index contributed by atoms with van der Waals surface area (Å²) in [5, 5.41) is 1.95. The Hall–Kier alpha value is 1.19. The summed E-state index contributed by atoms with van der Waals surface area (Å²) >= 11 is 6.99. The van der Waals surface area contributed by atoms with Crippen LogP contribution in [0, 0.1) is 0 Å². The lowest BCUT2D eigenvalue weighted by Gasteiger charge is -2.38. The van der Waals surface area contributed by atoms with Crippen molar-refractivity contribution in [1.29, 1.82) is 0 Å². The molecule has 152 valence electrons. The molecule has 0 spiro atoms. The van der Waals surface area contributed by atoms with E-state index in [0.29, 0.717) is 26.4 Å². The smallest absolute Gasteiger partial charge is 0.374 e. The van der Waals surface area contributed by atoms with Crippen LogP contribution in [0.5, 0.6) is 0 Å². The van der Waals surface area contributed by atoms with Crippen molar-refractivity contribution < 1.29 is 21.8 Å². The summed E-state index contributed by atoms with van der Waals surface area (Å²) in [6.07, 6.45) is 4.14. The van der Waals surface area contributed by atoms with E-state index in [1.165, 1.54) is 0 Å². The molecule has 0 rings (SSSR count). The molecule has 0 aliphatic rings. The predicted molar refractivity (Wildman–Crippen MR) is 115 cm³/mol. The quantitative estimate of drug-likeness (QED) is 0.137. The van der Waals surface area contributed by atoms with Crippen molar-refractivity contribution in [2.45, 2.75) is 65.5 Å². The minimum atomic E-state index is -2.82. The molecule has 25 heavy (non-hydrogen) atoms. The van der Waals surface area contributed by atoms with E-state index in [2.05, 4.69) is 31.9 Å². The first-order chi connectivity index (χ1) is 12.1. The fraction of sp³-hybridized carbons (Fsp3) is 1.00. The molecular formula is C16H36Br2O5Si2. The molecule has 0 heterocycles. The molecule has 0 unspecified atom stereocenters. The zero-order chi connectivity index (χ0) is 19.0. The first-order valence-corrected chi connectivity index (χ1v) is 15.6. The molecule has 0 aromatic carbocycles. The van der Waals surface area contributed by atoms with Gasteiger partial charge in [-0.05, 0) is 53.4 Å². The van der Waals surface area contributed by atoms with E-state index in [9.17, 15) is 0 Å². The van der Waals surface area contributed by atoms with E-state index in [4.69, 9.17) is 21.8 Å². The molecule has 0 aliphatic heterocycles. The van der Waals surface area contributed by atoms with Crippen LogP contribution in [0.4, 0.5) is 0 Å². The number of halogens is 2. The van der Waals surface area contributed by atoms with E-state index in [0.717, 1.165) is 48.4 Å². The van der Waals surface area contributed by atoms with Crippen LogP contribution in [0.15, 0.2) is 0 Å². The Morgan fingerprint density at radius 2 is 0.880 bits per heavy atom. The van der Waals surface area contributed by atoms with E-state index in [1.54, 1.807) is 0 Å². The van der Waals surface area contributed by atoms with Gasteiger partial charge in [-0.2, -0.15) is 0 Å². The first-order valence-electron chi connectivity index (χ1n) is 9.45. The summed E-state index contributed by atoms with van der Waals surface area (Å²) in [5.41, 5.74) is 0. The summed E-state index contributed by atoms with van der Waals surface area (Å²) in [6, 6.07) is 1.60. The SMILES string of the molecule is CCO[Si](CCCCBr)(OCC)O[Si](CCCCBr)(OCC)OCC. The highest BCUT2D eigenvalue weighted by Gasteiger charge is 2.52. The molecule has 0 radical (unpaired) electrons. The fourth-order valence-corrected chi connectivity index (χ4v) is 10.9. The van der Waals surface area contributed by atoms with E-state index >= 15 is 0 Å². The average molecular weight is 524 g/mol. The van der Waals surface area contributed by atoms with E-state index in [-0.39, 0.29) is 0 Å². The summed E-state index contributed by atoms with van der Waals surface area (Å²) in [6.45, 7) is 10.3. The van der Waals surface area contributed by atoms with Crippen LogP contribution < -0.4 is 0 Å². The third-order valence-corrected chi connectivity index (χ3v) is 12.0. The Kier molecular flexibility index (Phi) is 16.9. The Morgan fingerprint density at radius 1 is 0.560 bits per heavy atom. The standard InChI is InChI=1S/C16H36Br2O5Si2/c1-5-19-24(20-6-2,15-11-9-13-17)23-25(21-7-3,22-8-4)16-12-10-14-18/h5-16H2,1-4H3. The van der Waals surface area contributed by atoms with Gasteiger partial charge in [-0.25, -0.2) is 0 Å². The lowest BCUT2D eigenvalue weighted by Crippen LogP contribution is -2.59. The zero-order valence-electron chi connectivity index (χ0n) is 16.3. The Balaban J connectivity index is 5.40. The molecule has 0 bridgehead atoms. The molecular weight excluding hydrogens is 488 g/mol. The highest BCUT2D eigenvalue weighted by Crippen LogP contribution is 2.29. The maximum absolute atomic E-state index is 6.64. The molecule has 9 heteroatoms. The number of rotatable bonds is 18. The van der Waals surface area contributed by atoms with Crippen molar-refractivity contribution in [3.63, 3.8) is 0 Å². The Labute approximate surface area is 173 Å². The second-order valence-electron chi connectivity index (χ2n) is 5.49. The highest BCUT2D eigenvalue weighted by molar-refractivity contribution is 9.09. The van der Waals surface area contributed by atoms with Gasteiger partial charge < -0.3 is 21.8 Å². The van der Waals surface area contributed by atoms with Crippen LogP contribution in [0.3, 0.4) is 0 Å². The zero-order valence-corrected chi connectivity index (χ0v) is 21.5. The van der Waals surface area contributed by atoms with Crippen molar-refractivity contribution in [3.05, 3.63) is 0 Å². The van der Waals surface area contributed by atoms with Crippen molar-refractivity contribution >= 4 is 49.5 Å². The molecule has 5 nitrogen and oxygen atoms in total. The predicted octanol–water partition coefficient (Wildman–Crippen LogP) is 5.38. The fourth-order valence-electron chi connectivity index (χ4n) is 2.58. The topological polar surface area (TPSA) is 46.2 Å². The second kappa shape index (κ2) is 16.2. The molecule has 0 saturated carbocycles. The van der Waals surface area contributed by atoms with Gasteiger partial charge >= 0.3 is 17.6 Å². The van der Waals surface area contributed by atoms with Gasteiger partial charge in [0.05, 0.1) is 0 Å².